The molecule has 4 rings (SSSR count). The number of carbonyl (C=O) groups excluding carboxylic acids is 1. The molecule has 142 valence electrons. The van der Waals surface area contributed by atoms with Gasteiger partial charge in [-0.3, -0.25) is 4.79 Å². The van der Waals surface area contributed by atoms with E-state index in [0.717, 1.165) is 42.1 Å². The van der Waals surface area contributed by atoms with Gasteiger partial charge in [-0.1, -0.05) is 18.2 Å². The van der Waals surface area contributed by atoms with Crippen LogP contribution in [0.15, 0.2) is 42.5 Å². The van der Waals surface area contributed by atoms with E-state index in [-0.39, 0.29) is 16.8 Å². The summed E-state index contributed by atoms with van der Waals surface area (Å²) in [7, 11) is 1.67. The summed E-state index contributed by atoms with van der Waals surface area (Å²) in [6.07, 6.45) is 1.80. The van der Waals surface area contributed by atoms with Crippen molar-refractivity contribution in [3.63, 3.8) is 0 Å². The number of ether oxygens (including phenoxy) is 2. The van der Waals surface area contributed by atoms with Crippen molar-refractivity contribution in [2.75, 3.05) is 24.3 Å². The molecule has 1 atom stereocenters. The highest BCUT2D eigenvalue weighted by molar-refractivity contribution is 8.00. The van der Waals surface area contributed by atoms with Gasteiger partial charge in [0.15, 0.2) is 0 Å². The Hall–Kier alpha value is -2.14. The maximum atomic E-state index is 12.9. The van der Waals surface area contributed by atoms with Gasteiger partial charge in [0, 0.05) is 29.5 Å². The summed E-state index contributed by atoms with van der Waals surface area (Å²) in [4.78, 5) is 14.8. The van der Waals surface area contributed by atoms with Crippen molar-refractivity contribution in [3.05, 3.63) is 53.6 Å². The van der Waals surface area contributed by atoms with Crippen LogP contribution in [0, 0.1) is 0 Å². The van der Waals surface area contributed by atoms with Crippen LogP contribution in [0.25, 0.3) is 0 Å². The number of para-hydroxylation sites is 1. The van der Waals surface area contributed by atoms with Crippen LogP contribution >= 0.6 is 11.8 Å². The van der Waals surface area contributed by atoms with Crippen molar-refractivity contribution >= 4 is 23.4 Å². The molecule has 1 amide bonds. The molecule has 2 aromatic carbocycles. The van der Waals surface area contributed by atoms with Gasteiger partial charge in [0.05, 0.1) is 12.9 Å². The number of thioether (sulfide) groups is 1. The Morgan fingerprint density at radius 1 is 1.30 bits per heavy atom. The molecule has 5 heteroatoms. The van der Waals surface area contributed by atoms with E-state index in [1.807, 2.05) is 41.3 Å². The van der Waals surface area contributed by atoms with E-state index in [4.69, 9.17) is 9.47 Å². The minimum absolute atomic E-state index is 0.179. The maximum absolute atomic E-state index is 12.9. The second-order valence-electron chi connectivity index (χ2n) is 7.69. The van der Waals surface area contributed by atoms with Crippen LogP contribution in [-0.4, -0.2) is 30.9 Å². The molecule has 4 nitrogen and oxygen atoms in total. The van der Waals surface area contributed by atoms with Crippen molar-refractivity contribution in [1.82, 2.24) is 0 Å². The predicted molar refractivity (Wildman–Crippen MR) is 110 cm³/mol. The van der Waals surface area contributed by atoms with Gasteiger partial charge in [0.2, 0.25) is 5.91 Å². The molecule has 0 fully saturated rings. The third kappa shape index (κ3) is 3.65. The van der Waals surface area contributed by atoms with Crippen LogP contribution in [0.3, 0.4) is 0 Å². The summed E-state index contributed by atoms with van der Waals surface area (Å²) in [5.74, 6) is 2.36. The predicted octanol–water partition coefficient (Wildman–Crippen LogP) is 4.62. The molecule has 2 heterocycles. The lowest BCUT2D eigenvalue weighted by molar-refractivity contribution is -0.116. The lowest BCUT2D eigenvalue weighted by Crippen LogP contribution is -2.35. The number of amides is 1. The highest BCUT2D eigenvalue weighted by Gasteiger charge is 2.35. The second-order valence-corrected chi connectivity index (χ2v) is 8.88. The van der Waals surface area contributed by atoms with Gasteiger partial charge >= 0.3 is 0 Å². The van der Waals surface area contributed by atoms with Gasteiger partial charge in [0.1, 0.15) is 17.1 Å². The molecule has 27 heavy (non-hydrogen) atoms. The standard InChI is InChI=1S/C22H25NO3S/c1-22(2)13-20(17-12-16(25-3)8-9-19(17)26-22)27-14-21(24)23-11-10-15-6-4-5-7-18(15)23/h4-9,12,20H,10-11,13-14H2,1-3H3/t20-/m0/s1. The Kier molecular flexibility index (Phi) is 4.81. The summed E-state index contributed by atoms with van der Waals surface area (Å²) in [5.41, 5.74) is 3.20. The van der Waals surface area contributed by atoms with Crippen molar-refractivity contribution in [1.29, 1.82) is 0 Å². The summed E-state index contributed by atoms with van der Waals surface area (Å²) < 4.78 is 11.5. The molecule has 2 aromatic rings. The second kappa shape index (κ2) is 7.12. The Morgan fingerprint density at radius 2 is 2.11 bits per heavy atom. The lowest BCUT2D eigenvalue weighted by Gasteiger charge is -2.37. The van der Waals surface area contributed by atoms with Crippen LogP contribution in [0.2, 0.25) is 0 Å². The Bertz CT molecular complexity index is 864. The average molecular weight is 384 g/mol. The van der Waals surface area contributed by atoms with Crippen LogP contribution < -0.4 is 14.4 Å². The van der Waals surface area contributed by atoms with Gasteiger partial charge in [-0.2, -0.15) is 0 Å². The molecule has 2 aliphatic heterocycles. The number of nitrogens with zero attached hydrogens (tertiary/aromatic N) is 1. The van der Waals surface area contributed by atoms with Gasteiger partial charge < -0.3 is 14.4 Å². The van der Waals surface area contributed by atoms with E-state index in [0.29, 0.717) is 5.75 Å². The van der Waals surface area contributed by atoms with E-state index in [1.54, 1.807) is 18.9 Å². The van der Waals surface area contributed by atoms with Crippen molar-refractivity contribution in [3.8, 4) is 11.5 Å². The van der Waals surface area contributed by atoms with Gasteiger partial charge in [0.25, 0.3) is 0 Å². The average Bonchev–Trinajstić information content (AvgIpc) is 3.09. The molecule has 0 N–H and O–H groups in total. The van der Waals surface area contributed by atoms with E-state index in [2.05, 4.69) is 19.9 Å². The molecule has 0 saturated heterocycles. The van der Waals surface area contributed by atoms with E-state index >= 15 is 0 Å². The number of anilines is 1. The Labute approximate surface area is 164 Å². The molecule has 0 unspecified atom stereocenters. The Balaban J connectivity index is 1.50. The molecule has 0 aromatic heterocycles. The summed E-state index contributed by atoms with van der Waals surface area (Å²) in [5, 5.41) is 0.209. The number of hydrogen-bond acceptors (Lipinski definition) is 4. The molecule has 0 bridgehead atoms. The zero-order chi connectivity index (χ0) is 19.0. The first kappa shape index (κ1) is 18.2. The highest BCUT2D eigenvalue weighted by atomic mass is 32.2. The summed E-state index contributed by atoms with van der Waals surface area (Å²) >= 11 is 1.70. The number of carbonyl (C=O) groups is 1. The zero-order valence-electron chi connectivity index (χ0n) is 16.0. The fourth-order valence-corrected chi connectivity index (χ4v) is 5.27. The lowest BCUT2D eigenvalue weighted by atomic mass is 9.93. The topological polar surface area (TPSA) is 38.8 Å². The molecule has 0 spiro atoms. The number of benzene rings is 2. The first-order valence-electron chi connectivity index (χ1n) is 9.34. The minimum Gasteiger partial charge on any atom is -0.497 e. The quantitative estimate of drug-likeness (QED) is 0.772. The number of fused-ring (bicyclic) bond motifs is 2. The fraction of sp³-hybridized carbons (Fsp3) is 0.409. The number of hydrogen-bond donors (Lipinski definition) is 0. The van der Waals surface area contributed by atoms with Gasteiger partial charge in [-0.05, 0) is 50.1 Å². The van der Waals surface area contributed by atoms with Crippen molar-refractivity contribution in [2.45, 2.75) is 37.5 Å². The molecule has 0 aliphatic carbocycles. The van der Waals surface area contributed by atoms with Gasteiger partial charge in [-0.25, -0.2) is 0 Å². The summed E-state index contributed by atoms with van der Waals surface area (Å²) in [6, 6.07) is 14.1. The van der Waals surface area contributed by atoms with Crippen molar-refractivity contribution in [2.24, 2.45) is 0 Å². The maximum Gasteiger partial charge on any atom is 0.237 e. The number of methoxy groups -OCH3 is 1. The zero-order valence-corrected chi connectivity index (χ0v) is 16.8. The normalized spacial score (nSPS) is 19.8. The molecule has 0 radical (unpaired) electrons. The molecule has 2 aliphatic rings. The monoisotopic (exact) mass is 383 g/mol. The fourth-order valence-electron chi connectivity index (χ4n) is 3.89. The van der Waals surface area contributed by atoms with E-state index < -0.39 is 0 Å². The van der Waals surface area contributed by atoms with Crippen LogP contribution in [0.1, 0.15) is 36.6 Å². The SMILES string of the molecule is COc1ccc2c(c1)[C@@H](SCC(=O)N1CCc3ccccc31)CC(C)(C)O2. The molecular formula is C22H25NO3S. The van der Waals surface area contributed by atoms with Crippen LogP contribution in [0.5, 0.6) is 11.5 Å². The van der Waals surface area contributed by atoms with Crippen LogP contribution in [-0.2, 0) is 11.2 Å². The van der Waals surface area contributed by atoms with E-state index in [1.165, 1.54) is 5.56 Å². The number of rotatable bonds is 4. The smallest absolute Gasteiger partial charge is 0.237 e. The molecule has 0 saturated carbocycles. The molecular weight excluding hydrogens is 358 g/mol. The Morgan fingerprint density at radius 3 is 2.93 bits per heavy atom. The van der Waals surface area contributed by atoms with Crippen molar-refractivity contribution < 1.29 is 14.3 Å². The van der Waals surface area contributed by atoms with Gasteiger partial charge in [-0.15, -0.1) is 11.8 Å². The largest absolute Gasteiger partial charge is 0.497 e. The van der Waals surface area contributed by atoms with E-state index in [9.17, 15) is 4.79 Å². The van der Waals surface area contributed by atoms with Crippen LogP contribution in [0.4, 0.5) is 5.69 Å². The summed E-state index contributed by atoms with van der Waals surface area (Å²) in [6.45, 7) is 4.99. The highest BCUT2D eigenvalue weighted by Crippen LogP contribution is 2.47. The third-order valence-electron chi connectivity index (χ3n) is 5.22. The minimum atomic E-state index is -0.247. The first-order valence-corrected chi connectivity index (χ1v) is 10.4. The first-order chi connectivity index (χ1) is 13.0. The third-order valence-corrected chi connectivity index (χ3v) is 6.46.